The molecule has 5 nitrogen and oxygen atoms in total. The van der Waals surface area contributed by atoms with E-state index in [0.717, 1.165) is 58.2 Å². The molecule has 0 fully saturated rings. The molecule has 0 N–H and O–H groups in total. The Bertz CT molecular complexity index is 956. The molecule has 3 aromatic rings. The molecule has 0 spiro atoms. The molecule has 0 aliphatic rings. The first-order chi connectivity index (χ1) is 14.7. The van der Waals surface area contributed by atoms with Crippen LogP contribution in [-0.4, -0.2) is 27.7 Å². The number of aryl methyl sites for hydroxylation is 1. The molecule has 0 unspecified atom stereocenters. The van der Waals surface area contributed by atoms with E-state index >= 15 is 0 Å². The molecule has 0 atom stereocenters. The number of ether oxygens (including phenoxy) is 1. The minimum atomic E-state index is 0.712. The third-order valence-electron chi connectivity index (χ3n) is 4.42. The Morgan fingerprint density at radius 2 is 1.87 bits per heavy atom. The Morgan fingerprint density at radius 3 is 2.63 bits per heavy atom. The summed E-state index contributed by atoms with van der Waals surface area (Å²) in [6, 6.07) is 16.3. The Hall–Kier alpha value is -2.12. The second-order valence-corrected chi connectivity index (χ2v) is 8.72. The molecule has 158 valence electrons. The molecule has 0 aliphatic carbocycles. The smallest absolute Gasteiger partial charge is 0.212 e. The highest BCUT2D eigenvalue weighted by Crippen LogP contribution is 2.24. The number of para-hydroxylation sites is 1. The molecule has 30 heavy (non-hydrogen) atoms. The van der Waals surface area contributed by atoms with Gasteiger partial charge < -0.3 is 4.74 Å². The van der Waals surface area contributed by atoms with E-state index in [4.69, 9.17) is 9.84 Å². The Balaban J connectivity index is 1.78. The summed E-state index contributed by atoms with van der Waals surface area (Å²) < 4.78 is 8.86. The van der Waals surface area contributed by atoms with Gasteiger partial charge in [-0.2, -0.15) is 9.78 Å². The van der Waals surface area contributed by atoms with Crippen LogP contribution in [0.25, 0.3) is 0 Å². The number of unbranched alkanes of at least 4 members (excludes halogenated alkanes) is 1. The standard InChI is InChI=1S/C23H27BrN4OS/c1-3-5-15-29-21-10-7-6-9-19(21)16-25-28-22(8-4-2)26-27-23(28)30-17-18-11-13-20(24)14-12-18/h6-7,9-14,16H,3-5,8,15,17H2,1-2H3/b25-16+. The summed E-state index contributed by atoms with van der Waals surface area (Å²) in [6.07, 6.45) is 5.80. The second kappa shape index (κ2) is 11.9. The molecule has 0 aliphatic heterocycles. The van der Waals surface area contributed by atoms with Gasteiger partial charge in [0.15, 0.2) is 5.82 Å². The van der Waals surface area contributed by atoms with E-state index in [9.17, 15) is 0 Å². The van der Waals surface area contributed by atoms with Crippen molar-refractivity contribution in [1.29, 1.82) is 0 Å². The minimum Gasteiger partial charge on any atom is -0.493 e. The first-order valence-corrected chi connectivity index (χ1v) is 12.1. The van der Waals surface area contributed by atoms with Crippen LogP contribution >= 0.6 is 27.7 Å². The molecule has 2 aromatic carbocycles. The summed E-state index contributed by atoms with van der Waals surface area (Å²) in [5.74, 6) is 2.53. The molecule has 0 amide bonds. The van der Waals surface area contributed by atoms with E-state index in [0.29, 0.717) is 6.61 Å². The Morgan fingerprint density at radius 1 is 1.07 bits per heavy atom. The van der Waals surface area contributed by atoms with Gasteiger partial charge in [-0.25, -0.2) is 0 Å². The maximum absolute atomic E-state index is 5.93. The largest absolute Gasteiger partial charge is 0.493 e. The molecular formula is C23H27BrN4OS. The third kappa shape index (κ3) is 6.44. The highest BCUT2D eigenvalue weighted by atomic mass is 79.9. The highest BCUT2D eigenvalue weighted by molar-refractivity contribution is 9.10. The molecule has 3 rings (SSSR count). The van der Waals surface area contributed by atoms with E-state index in [-0.39, 0.29) is 0 Å². The van der Waals surface area contributed by atoms with Gasteiger partial charge in [0.2, 0.25) is 5.16 Å². The lowest BCUT2D eigenvalue weighted by molar-refractivity contribution is 0.309. The van der Waals surface area contributed by atoms with Crippen LogP contribution in [0, 0.1) is 0 Å². The van der Waals surface area contributed by atoms with Crippen molar-refractivity contribution >= 4 is 33.9 Å². The fraction of sp³-hybridized carbons (Fsp3) is 0.348. The maximum atomic E-state index is 5.93. The van der Waals surface area contributed by atoms with Crippen molar-refractivity contribution in [1.82, 2.24) is 14.9 Å². The molecule has 0 saturated heterocycles. The minimum absolute atomic E-state index is 0.712. The van der Waals surface area contributed by atoms with Crippen LogP contribution in [0.5, 0.6) is 5.75 Å². The zero-order valence-electron chi connectivity index (χ0n) is 17.4. The lowest BCUT2D eigenvalue weighted by atomic mass is 10.2. The molecule has 0 radical (unpaired) electrons. The van der Waals surface area contributed by atoms with E-state index < -0.39 is 0 Å². The van der Waals surface area contributed by atoms with Crippen LogP contribution < -0.4 is 4.74 Å². The summed E-state index contributed by atoms with van der Waals surface area (Å²) in [4.78, 5) is 0. The van der Waals surface area contributed by atoms with Crippen molar-refractivity contribution in [3.05, 3.63) is 70.0 Å². The number of hydrogen-bond acceptors (Lipinski definition) is 5. The topological polar surface area (TPSA) is 52.3 Å². The average molecular weight is 487 g/mol. The number of benzene rings is 2. The highest BCUT2D eigenvalue weighted by Gasteiger charge is 2.12. The second-order valence-electron chi connectivity index (χ2n) is 6.86. The van der Waals surface area contributed by atoms with Crippen LogP contribution in [-0.2, 0) is 12.2 Å². The van der Waals surface area contributed by atoms with Crippen molar-refractivity contribution in [2.24, 2.45) is 5.10 Å². The van der Waals surface area contributed by atoms with Crippen LogP contribution in [0.15, 0.2) is 63.3 Å². The predicted molar refractivity (Wildman–Crippen MR) is 128 cm³/mol. The quantitative estimate of drug-likeness (QED) is 0.180. The van der Waals surface area contributed by atoms with Gasteiger partial charge >= 0.3 is 0 Å². The zero-order chi connectivity index (χ0) is 21.2. The lowest BCUT2D eigenvalue weighted by Crippen LogP contribution is -2.02. The Kier molecular flexibility index (Phi) is 8.96. The van der Waals surface area contributed by atoms with E-state index in [1.54, 1.807) is 11.8 Å². The molecule has 1 heterocycles. The summed E-state index contributed by atoms with van der Waals surface area (Å²) in [5, 5.41) is 14.3. The molecule has 7 heteroatoms. The van der Waals surface area contributed by atoms with Crippen molar-refractivity contribution in [3.63, 3.8) is 0 Å². The predicted octanol–water partition coefficient (Wildman–Crippen LogP) is 6.35. The van der Waals surface area contributed by atoms with Crippen molar-refractivity contribution in [2.45, 2.75) is 50.4 Å². The maximum Gasteiger partial charge on any atom is 0.212 e. The van der Waals surface area contributed by atoms with E-state index in [2.05, 4.69) is 64.2 Å². The molecule has 1 aromatic heterocycles. The summed E-state index contributed by atoms with van der Waals surface area (Å²) >= 11 is 5.12. The van der Waals surface area contributed by atoms with E-state index in [1.165, 1.54) is 5.56 Å². The van der Waals surface area contributed by atoms with Gasteiger partial charge in [0.05, 0.1) is 12.8 Å². The van der Waals surface area contributed by atoms with E-state index in [1.807, 2.05) is 35.2 Å². The van der Waals surface area contributed by atoms with Crippen molar-refractivity contribution in [3.8, 4) is 5.75 Å². The summed E-state index contributed by atoms with van der Waals surface area (Å²) in [6.45, 7) is 5.00. The molecule has 0 bridgehead atoms. The normalized spacial score (nSPS) is 11.3. The number of rotatable bonds is 11. The zero-order valence-corrected chi connectivity index (χ0v) is 19.8. The van der Waals surface area contributed by atoms with Crippen LogP contribution in [0.4, 0.5) is 0 Å². The Labute approximate surface area is 191 Å². The van der Waals surface area contributed by atoms with Gasteiger partial charge in [-0.3, -0.25) is 0 Å². The SMILES string of the molecule is CCCCOc1ccccc1/C=N/n1c(CCC)nnc1SCc1ccc(Br)cc1. The third-order valence-corrected chi connectivity index (χ3v) is 5.94. The van der Waals surface area contributed by atoms with Crippen LogP contribution in [0.1, 0.15) is 50.1 Å². The van der Waals surface area contributed by atoms with Gasteiger partial charge in [-0.05, 0) is 42.7 Å². The van der Waals surface area contributed by atoms with Gasteiger partial charge in [-0.1, -0.05) is 72.2 Å². The van der Waals surface area contributed by atoms with Gasteiger partial charge in [0.1, 0.15) is 5.75 Å². The number of nitrogens with zero attached hydrogens (tertiary/aromatic N) is 4. The lowest BCUT2D eigenvalue weighted by Gasteiger charge is -2.08. The first-order valence-electron chi connectivity index (χ1n) is 10.3. The molecular weight excluding hydrogens is 460 g/mol. The monoisotopic (exact) mass is 486 g/mol. The molecule has 0 saturated carbocycles. The van der Waals surface area contributed by atoms with Crippen molar-refractivity contribution < 1.29 is 4.74 Å². The fourth-order valence-electron chi connectivity index (χ4n) is 2.77. The average Bonchev–Trinajstić information content (AvgIpc) is 3.14. The summed E-state index contributed by atoms with van der Waals surface area (Å²) in [7, 11) is 0. The van der Waals surface area contributed by atoms with Crippen LogP contribution in [0.3, 0.4) is 0 Å². The fourth-order valence-corrected chi connectivity index (χ4v) is 3.90. The number of thioether (sulfide) groups is 1. The summed E-state index contributed by atoms with van der Waals surface area (Å²) in [5.41, 5.74) is 2.18. The van der Waals surface area contributed by atoms with Gasteiger partial charge in [0.25, 0.3) is 0 Å². The van der Waals surface area contributed by atoms with Gasteiger partial charge in [0, 0.05) is 22.2 Å². The van der Waals surface area contributed by atoms with Crippen molar-refractivity contribution in [2.75, 3.05) is 6.61 Å². The number of aromatic nitrogens is 3. The van der Waals surface area contributed by atoms with Gasteiger partial charge in [-0.15, -0.1) is 10.2 Å². The number of hydrogen-bond donors (Lipinski definition) is 0. The first kappa shape index (κ1) is 22.6. The van der Waals surface area contributed by atoms with Crippen LogP contribution in [0.2, 0.25) is 0 Å². The number of halogens is 1.